The molecule has 0 aromatic heterocycles. The number of nitrogens with two attached hydrogens (primary N) is 1. The van der Waals surface area contributed by atoms with Crippen molar-refractivity contribution in [3.8, 4) is 0 Å². The van der Waals surface area contributed by atoms with Crippen molar-refractivity contribution in [3.05, 3.63) is 29.8 Å². The number of hydrogen-bond donors (Lipinski definition) is 1. The lowest BCUT2D eigenvalue weighted by atomic mass is 9.93. The van der Waals surface area contributed by atoms with Gasteiger partial charge in [0.2, 0.25) is 0 Å². The van der Waals surface area contributed by atoms with Gasteiger partial charge in [0.25, 0.3) is 0 Å². The van der Waals surface area contributed by atoms with Gasteiger partial charge >= 0.3 is 0 Å². The van der Waals surface area contributed by atoms with E-state index in [1.807, 2.05) is 11.8 Å². The van der Waals surface area contributed by atoms with E-state index < -0.39 is 0 Å². The maximum Gasteiger partial charge on any atom is 0.0107 e. The average Bonchev–Trinajstić information content (AvgIpc) is 3.08. The predicted molar refractivity (Wildman–Crippen MR) is 69.8 cm³/mol. The molecule has 1 aliphatic heterocycles. The lowest BCUT2D eigenvalue weighted by Gasteiger charge is -2.14. The van der Waals surface area contributed by atoms with Crippen LogP contribution in [-0.4, -0.2) is 11.8 Å². The van der Waals surface area contributed by atoms with Crippen LogP contribution in [-0.2, 0) is 0 Å². The van der Waals surface area contributed by atoms with E-state index in [2.05, 4.69) is 24.3 Å². The van der Waals surface area contributed by atoms with E-state index in [4.69, 9.17) is 5.73 Å². The summed E-state index contributed by atoms with van der Waals surface area (Å²) in [5.41, 5.74) is 7.74. The Balaban J connectivity index is 1.60. The Kier molecular flexibility index (Phi) is 2.95. The van der Waals surface area contributed by atoms with Crippen LogP contribution in [0.25, 0.3) is 0 Å². The monoisotopic (exact) mass is 233 g/mol. The van der Waals surface area contributed by atoms with Crippen LogP contribution in [0.15, 0.2) is 29.2 Å². The highest BCUT2D eigenvalue weighted by molar-refractivity contribution is 7.99. The maximum atomic E-state index is 6.17. The van der Waals surface area contributed by atoms with Gasteiger partial charge in [-0.2, -0.15) is 0 Å². The molecule has 1 saturated carbocycles. The van der Waals surface area contributed by atoms with Gasteiger partial charge in [0, 0.05) is 16.7 Å². The Morgan fingerprint density at radius 1 is 1.31 bits per heavy atom. The Morgan fingerprint density at radius 3 is 2.94 bits per heavy atom. The average molecular weight is 233 g/mol. The Labute approximate surface area is 102 Å². The molecule has 1 fully saturated rings. The highest BCUT2D eigenvalue weighted by Gasteiger charge is 2.30. The van der Waals surface area contributed by atoms with Crippen molar-refractivity contribution in [3.63, 3.8) is 0 Å². The SMILES string of the molecule is NC(CCC1CSc2ccccc21)C1CC1. The first-order chi connectivity index (χ1) is 7.84. The summed E-state index contributed by atoms with van der Waals surface area (Å²) in [7, 11) is 0. The zero-order valence-electron chi connectivity index (χ0n) is 9.56. The molecule has 0 amide bonds. The minimum Gasteiger partial charge on any atom is -0.327 e. The number of hydrogen-bond acceptors (Lipinski definition) is 2. The normalized spacial score (nSPS) is 25.4. The van der Waals surface area contributed by atoms with E-state index in [1.165, 1.54) is 36.3 Å². The fourth-order valence-corrected chi connectivity index (χ4v) is 3.93. The van der Waals surface area contributed by atoms with Gasteiger partial charge in [-0.05, 0) is 49.1 Å². The number of rotatable bonds is 4. The Morgan fingerprint density at radius 2 is 2.12 bits per heavy atom. The second kappa shape index (κ2) is 4.42. The van der Waals surface area contributed by atoms with E-state index in [-0.39, 0.29) is 0 Å². The Bertz CT molecular complexity index is 373. The van der Waals surface area contributed by atoms with Gasteiger partial charge in [0.05, 0.1) is 0 Å². The first kappa shape index (κ1) is 10.7. The van der Waals surface area contributed by atoms with Crippen molar-refractivity contribution < 1.29 is 0 Å². The first-order valence-corrected chi connectivity index (χ1v) is 7.30. The summed E-state index contributed by atoms with van der Waals surface area (Å²) in [5, 5.41) is 0. The smallest absolute Gasteiger partial charge is 0.0107 e. The maximum absolute atomic E-state index is 6.17. The minimum atomic E-state index is 0.470. The van der Waals surface area contributed by atoms with Crippen LogP contribution in [0.3, 0.4) is 0 Å². The highest BCUT2D eigenvalue weighted by Crippen LogP contribution is 2.42. The fraction of sp³-hybridized carbons (Fsp3) is 0.571. The van der Waals surface area contributed by atoms with Crippen LogP contribution in [0.4, 0.5) is 0 Å². The number of thioether (sulfide) groups is 1. The first-order valence-electron chi connectivity index (χ1n) is 6.32. The number of benzene rings is 1. The van der Waals surface area contributed by atoms with E-state index in [0.717, 1.165) is 11.8 Å². The molecule has 2 atom stereocenters. The number of fused-ring (bicyclic) bond motifs is 1. The molecule has 0 radical (unpaired) electrons. The summed E-state index contributed by atoms with van der Waals surface area (Å²) < 4.78 is 0. The molecule has 0 spiro atoms. The molecule has 1 aromatic carbocycles. The van der Waals surface area contributed by atoms with E-state index >= 15 is 0 Å². The third-order valence-electron chi connectivity index (χ3n) is 3.87. The van der Waals surface area contributed by atoms with Crippen molar-refractivity contribution in [1.82, 2.24) is 0 Å². The van der Waals surface area contributed by atoms with Crippen LogP contribution in [0, 0.1) is 5.92 Å². The molecule has 2 unspecified atom stereocenters. The highest BCUT2D eigenvalue weighted by atomic mass is 32.2. The molecule has 16 heavy (non-hydrogen) atoms. The van der Waals surface area contributed by atoms with Crippen molar-refractivity contribution in [1.29, 1.82) is 0 Å². The van der Waals surface area contributed by atoms with E-state index in [1.54, 1.807) is 5.56 Å². The van der Waals surface area contributed by atoms with Gasteiger partial charge in [-0.1, -0.05) is 18.2 Å². The predicted octanol–water partition coefficient (Wildman–Crippen LogP) is 3.39. The molecule has 1 aromatic rings. The van der Waals surface area contributed by atoms with Crippen LogP contribution in [0.1, 0.15) is 37.2 Å². The summed E-state index contributed by atoms with van der Waals surface area (Å²) in [6.45, 7) is 0. The van der Waals surface area contributed by atoms with Crippen LogP contribution in [0.5, 0.6) is 0 Å². The molecule has 1 aliphatic carbocycles. The zero-order chi connectivity index (χ0) is 11.0. The van der Waals surface area contributed by atoms with Gasteiger partial charge in [-0.25, -0.2) is 0 Å². The molecule has 1 heterocycles. The van der Waals surface area contributed by atoms with Gasteiger partial charge < -0.3 is 5.73 Å². The molecule has 2 aliphatic rings. The summed E-state index contributed by atoms with van der Waals surface area (Å²) in [4.78, 5) is 1.49. The second-order valence-electron chi connectivity index (χ2n) is 5.12. The van der Waals surface area contributed by atoms with Gasteiger partial charge in [0.15, 0.2) is 0 Å². The van der Waals surface area contributed by atoms with Gasteiger partial charge in [-0.3, -0.25) is 0 Å². The third kappa shape index (κ3) is 2.14. The standard InChI is InChI=1S/C14H19NS/c15-13(10-5-6-10)8-7-11-9-16-14-4-2-1-3-12(11)14/h1-4,10-11,13H,5-9,15H2. The van der Waals surface area contributed by atoms with Gasteiger partial charge in [-0.15, -0.1) is 11.8 Å². The topological polar surface area (TPSA) is 26.0 Å². The van der Waals surface area contributed by atoms with Crippen LogP contribution < -0.4 is 5.73 Å². The quantitative estimate of drug-likeness (QED) is 0.862. The molecular weight excluding hydrogens is 214 g/mol. The molecule has 2 heteroatoms. The van der Waals surface area contributed by atoms with E-state index in [0.29, 0.717) is 6.04 Å². The molecule has 0 bridgehead atoms. The van der Waals surface area contributed by atoms with Crippen molar-refractivity contribution >= 4 is 11.8 Å². The lowest BCUT2D eigenvalue weighted by Crippen LogP contribution is -2.22. The molecule has 86 valence electrons. The molecule has 1 nitrogen and oxygen atoms in total. The van der Waals surface area contributed by atoms with Crippen molar-refractivity contribution in [2.24, 2.45) is 11.7 Å². The van der Waals surface area contributed by atoms with Crippen molar-refractivity contribution in [2.45, 2.75) is 42.5 Å². The lowest BCUT2D eigenvalue weighted by molar-refractivity contribution is 0.503. The van der Waals surface area contributed by atoms with Crippen LogP contribution >= 0.6 is 11.8 Å². The third-order valence-corrected chi connectivity index (χ3v) is 5.13. The summed E-state index contributed by atoms with van der Waals surface area (Å²) in [5.74, 6) is 2.87. The van der Waals surface area contributed by atoms with E-state index in [9.17, 15) is 0 Å². The molecule has 0 saturated heterocycles. The fourth-order valence-electron chi connectivity index (χ4n) is 2.62. The largest absolute Gasteiger partial charge is 0.327 e. The summed E-state index contributed by atoms with van der Waals surface area (Å²) in [6, 6.07) is 9.32. The summed E-state index contributed by atoms with van der Waals surface area (Å²) >= 11 is 2.01. The molecular formula is C14H19NS. The van der Waals surface area contributed by atoms with Crippen molar-refractivity contribution in [2.75, 3.05) is 5.75 Å². The Hall–Kier alpha value is -0.470. The molecule has 3 rings (SSSR count). The second-order valence-corrected chi connectivity index (χ2v) is 6.19. The van der Waals surface area contributed by atoms with Crippen LogP contribution in [0.2, 0.25) is 0 Å². The molecule has 2 N–H and O–H groups in total. The minimum absolute atomic E-state index is 0.470. The zero-order valence-corrected chi connectivity index (χ0v) is 10.4. The van der Waals surface area contributed by atoms with Gasteiger partial charge in [0.1, 0.15) is 0 Å². The summed E-state index contributed by atoms with van der Waals surface area (Å²) in [6.07, 6.45) is 5.24.